The Morgan fingerprint density at radius 3 is 2.52 bits per heavy atom. The first-order valence-electron chi connectivity index (χ1n) is 10.2. The van der Waals surface area contributed by atoms with Gasteiger partial charge in [0.1, 0.15) is 5.56 Å². The molecule has 0 fully saturated rings. The number of aromatic nitrogens is 1. The van der Waals surface area contributed by atoms with Gasteiger partial charge in [-0.25, -0.2) is 0 Å². The van der Waals surface area contributed by atoms with Gasteiger partial charge in [0, 0.05) is 49.2 Å². The summed E-state index contributed by atoms with van der Waals surface area (Å²) in [4.78, 5) is 35.2. The normalized spacial score (nSPS) is 15.1. The van der Waals surface area contributed by atoms with E-state index in [9.17, 15) is 14.5 Å². The number of pyridine rings is 1. The third-order valence-corrected chi connectivity index (χ3v) is 5.56. The molecule has 0 saturated heterocycles. The molecule has 1 aromatic carbocycles. The zero-order valence-corrected chi connectivity index (χ0v) is 18.6. The number of carbonyl (C=O) groups excluding carboxylic acids is 1. The van der Waals surface area contributed by atoms with Gasteiger partial charge in [0.2, 0.25) is 0 Å². The van der Waals surface area contributed by atoms with Gasteiger partial charge < -0.3 is 18.8 Å². The minimum atomic E-state index is -1.06. The Hall–Kier alpha value is -3.00. The molecule has 8 heteroatoms. The molecule has 0 aliphatic carbocycles. The number of rotatable bonds is 7. The molecule has 1 aliphatic rings. The van der Waals surface area contributed by atoms with E-state index in [0.717, 1.165) is 17.5 Å². The largest absolute Gasteiger partial charge is 0.493 e. The van der Waals surface area contributed by atoms with E-state index in [1.807, 2.05) is 16.7 Å². The van der Waals surface area contributed by atoms with Crippen molar-refractivity contribution in [2.24, 2.45) is 10.6 Å². The van der Waals surface area contributed by atoms with Crippen LogP contribution in [0.1, 0.15) is 49.2 Å². The van der Waals surface area contributed by atoms with E-state index in [1.165, 1.54) is 12.3 Å². The van der Waals surface area contributed by atoms with Crippen LogP contribution in [-0.4, -0.2) is 37.9 Å². The molecule has 0 radical (unpaired) electrons. The van der Waals surface area contributed by atoms with Crippen molar-refractivity contribution < 1.29 is 19.0 Å². The van der Waals surface area contributed by atoms with Crippen LogP contribution in [0.15, 0.2) is 34.4 Å². The molecule has 2 aromatic rings. The molecular weight excluding hydrogens is 400 g/mol. The number of ether oxygens (including phenoxy) is 3. The number of benzene rings is 1. The van der Waals surface area contributed by atoms with E-state index in [4.69, 9.17) is 14.2 Å². The van der Waals surface area contributed by atoms with E-state index >= 15 is 0 Å². The van der Waals surface area contributed by atoms with Gasteiger partial charge in [0.25, 0.3) is 0 Å². The van der Waals surface area contributed by atoms with Gasteiger partial charge in [-0.3, -0.25) is 9.59 Å². The highest BCUT2D eigenvalue weighted by Crippen LogP contribution is 2.45. The number of carbonyl (C=O) groups is 1. The molecule has 1 amide bonds. The maximum absolute atomic E-state index is 12.6. The summed E-state index contributed by atoms with van der Waals surface area (Å²) >= 11 is 0. The highest BCUT2D eigenvalue weighted by atomic mass is 16.5. The van der Waals surface area contributed by atoms with Crippen LogP contribution in [0.5, 0.6) is 11.5 Å². The molecule has 1 aliphatic heterocycles. The smallest absolute Gasteiger partial charge is 0.322 e. The Bertz CT molecular complexity index is 1050. The topological polar surface area (TPSA) is 96.2 Å². The lowest BCUT2D eigenvalue weighted by Gasteiger charge is -2.39. The molecule has 0 saturated carbocycles. The van der Waals surface area contributed by atoms with Crippen molar-refractivity contribution in [1.82, 2.24) is 4.57 Å². The van der Waals surface area contributed by atoms with Gasteiger partial charge >= 0.3 is 5.91 Å². The Morgan fingerprint density at radius 1 is 1.16 bits per heavy atom. The highest BCUT2D eigenvalue weighted by molar-refractivity contribution is 5.94. The van der Waals surface area contributed by atoms with Gasteiger partial charge in [-0.1, -0.05) is 20.8 Å². The Labute approximate surface area is 181 Å². The maximum atomic E-state index is 12.6. The average molecular weight is 428 g/mol. The quantitative estimate of drug-likeness (QED) is 0.489. The summed E-state index contributed by atoms with van der Waals surface area (Å²) in [6.45, 7) is 7.37. The Kier molecular flexibility index (Phi) is 6.59. The lowest BCUT2D eigenvalue weighted by atomic mass is 9.78. The average Bonchev–Trinajstić information content (AvgIpc) is 2.73. The number of methoxy groups -OCH3 is 2. The first-order valence-corrected chi connectivity index (χ1v) is 10.2. The van der Waals surface area contributed by atoms with Crippen LogP contribution in [0.2, 0.25) is 0 Å². The van der Waals surface area contributed by atoms with Crippen LogP contribution in [0.25, 0.3) is 11.3 Å². The van der Waals surface area contributed by atoms with Crippen LogP contribution < -0.4 is 14.9 Å². The Balaban J connectivity index is 2.15. The molecule has 8 nitrogen and oxygen atoms in total. The second kappa shape index (κ2) is 9.01. The highest BCUT2D eigenvalue weighted by Gasteiger charge is 2.34. The first kappa shape index (κ1) is 22.7. The monoisotopic (exact) mass is 428 g/mol. The number of fused-ring (bicyclic) bond motifs is 3. The predicted molar refractivity (Wildman–Crippen MR) is 117 cm³/mol. The predicted octanol–water partition coefficient (Wildman–Crippen LogP) is 3.99. The van der Waals surface area contributed by atoms with Gasteiger partial charge in [0.15, 0.2) is 16.9 Å². The Morgan fingerprint density at radius 2 is 1.90 bits per heavy atom. The SMILES string of the molecule is COCCCOc1cc2c(cc1OC)-c1cc(=O)c(C(=O)N=O)cn1[C@@H](C(C)(C)C)C2. The molecule has 3 rings (SSSR count). The third kappa shape index (κ3) is 4.54. The standard InChI is InChI=1S/C23H28N2O6/c1-23(2,3)21-10-14-9-20(31-8-6-7-29-4)19(30-5)11-15(14)17-12-18(26)16(13-25(17)21)22(27)24-28/h9,11-13,21H,6-8,10H2,1-5H3/t21-/m1/s1. The van der Waals surface area contributed by atoms with Crippen LogP contribution in [0, 0.1) is 10.3 Å². The number of amides is 1. The zero-order valence-electron chi connectivity index (χ0n) is 18.6. The number of nitroso groups, excluding NO2 is 1. The van der Waals surface area contributed by atoms with Crippen LogP contribution in [-0.2, 0) is 11.2 Å². The van der Waals surface area contributed by atoms with Crippen molar-refractivity contribution in [3.63, 3.8) is 0 Å². The van der Waals surface area contributed by atoms with Crippen molar-refractivity contribution in [3.05, 3.63) is 50.7 Å². The molecule has 166 valence electrons. The second-order valence-electron chi connectivity index (χ2n) is 8.68. The lowest BCUT2D eigenvalue weighted by Crippen LogP contribution is -2.32. The van der Waals surface area contributed by atoms with Gasteiger partial charge in [-0.2, -0.15) is 0 Å². The number of hydrogen-bond acceptors (Lipinski definition) is 6. The van der Waals surface area contributed by atoms with Crippen LogP contribution in [0.4, 0.5) is 0 Å². The minimum Gasteiger partial charge on any atom is -0.493 e. The molecule has 31 heavy (non-hydrogen) atoms. The fourth-order valence-electron chi connectivity index (χ4n) is 3.93. The number of hydrogen-bond donors (Lipinski definition) is 0. The first-order chi connectivity index (χ1) is 14.7. The minimum absolute atomic E-state index is 0.0523. The second-order valence-corrected chi connectivity index (χ2v) is 8.68. The molecular formula is C23H28N2O6. The third-order valence-electron chi connectivity index (χ3n) is 5.56. The lowest BCUT2D eigenvalue weighted by molar-refractivity contribution is 0.0998. The molecule has 0 unspecified atom stereocenters. The molecule has 2 heterocycles. The maximum Gasteiger partial charge on any atom is 0.322 e. The molecule has 1 aromatic heterocycles. The van der Waals surface area contributed by atoms with Crippen LogP contribution in [0.3, 0.4) is 0 Å². The molecule has 0 spiro atoms. The van der Waals surface area contributed by atoms with Gasteiger partial charge in [-0.05, 0) is 29.5 Å². The van der Waals surface area contributed by atoms with Crippen molar-refractivity contribution in [3.8, 4) is 22.8 Å². The molecule has 1 atom stereocenters. The summed E-state index contributed by atoms with van der Waals surface area (Å²) in [7, 11) is 3.21. The van der Waals surface area contributed by atoms with Crippen molar-refractivity contribution in [1.29, 1.82) is 0 Å². The van der Waals surface area contributed by atoms with E-state index in [1.54, 1.807) is 14.2 Å². The molecule has 0 N–H and O–H groups in total. The summed E-state index contributed by atoms with van der Waals surface area (Å²) in [6.07, 6.45) is 2.87. The van der Waals surface area contributed by atoms with Gasteiger partial charge in [0.05, 0.1) is 19.4 Å². The fourth-order valence-corrected chi connectivity index (χ4v) is 3.93. The van der Waals surface area contributed by atoms with E-state index in [-0.39, 0.29) is 17.0 Å². The summed E-state index contributed by atoms with van der Waals surface area (Å²) in [5.74, 6) is 0.132. The van der Waals surface area contributed by atoms with E-state index in [2.05, 4.69) is 25.9 Å². The van der Waals surface area contributed by atoms with Gasteiger partial charge in [-0.15, -0.1) is 4.91 Å². The molecule has 0 bridgehead atoms. The van der Waals surface area contributed by atoms with Crippen molar-refractivity contribution in [2.45, 2.75) is 39.7 Å². The number of nitrogens with zero attached hydrogens (tertiary/aromatic N) is 2. The summed E-state index contributed by atoms with van der Waals surface area (Å²) in [5, 5.41) is 2.43. The van der Waals surface area contributed by atoms with Crippen LogP contribution >= 0.6 is 0 Å². The van der Waals surface area contributed by atoms with E-state index < -0.39 is 11.3 Å². The van der Waals surface area contributed by atoms with Crippen molar-refractivity contribution >= 4 is 5.91 Å². The van der Waals surface area contributed by atoms with E-state index in [0.29, 0.717) is 36.8 Å². The zero-order chi connectivity index (χ0) is 22.8. The van der Waals surface area contributed by atoms with Crippen molar-refractivity contribution in [2.75, 3.05) is 27.4 Å². The summed E-state index contributed by atoms with van der Waals surface area (Å²) in [5.41, 5.74) is 1.58. The summed E-state index contributed by atoms with van der Waals surface area (Å²) < 4.78 is 18.4. The summed E-state index contributed by atoms with van der Waals surface area (Å²) in [6, 6.07) is 5.15. The fraction of sp³-hybridized carbons (Fsp3) is 0.478.